The fourth-order valence-electron chi connectivity index (χ4n) is 3.65. The van der Waals surface area contributed by atoms with E-state index in [4.69, 9.17) is 16.7 Å². The van der Waals surface area contributed by atoms with E-state index in [2.05, 4.69) is 10.6 Å². The first-order valence-electron chi connectivity index (χ1n) is 9.29. The molecule has 3 aromatic rings. The fourth-order valence-corrected chi connectivity index (χ4v) is 3.82. The van der Waals surface area contributed by atoms with Crippen molar-refractivity contribution in [1.82, 2.24) is 9.88 Å². The fraction of sp³-hybridized carbons (Fsp3) is 0.182. The van der Waals surface area contributed by atoms with Gasteiger partial charge in [-0.2, -0.15) is 0 Å². The summed E-state index contributed by atoms with van der Waals surface area (Å²) in [5.41, 5.74) is 3.74. The third-order valence-corrected chi connectivity index (χ3v) is 5.20. The molecule has 0 aliphatic carbocycles. The number of hydrogen-bond donors (Lipinski definition) is 3. The first-order valence-corrected chi connectivity index (χ1v) is 9.67. The minimum atomic E-state index is -0.420. The van der Waals surface area contributed by atoms with Crippen molar-refractivity contribution in [3.05, 3.63) is 64.8 Å². The maximum absolute atomic E-state index is 12.7. The van der Waals surface area contributed by atoms with E-state index >= 15 is 0 Å². The Bertz CT molecular complexity index is 1160. The van der Waals surface area contributed by atoms with Gasteiger partial charge in [0.25, 0.3) is 11.8 Å². The summed E-state index contributed by atoms with van der Waals surface area (Å²) in [6.07, 6.45) is 2.46. The first kappa shape index (κ1) is 19.2. The molecule has 0 unspecified atom stereocenters. The summed E-state index contributed by atoms with van der Waals surface area (Å²) in [6.45, 7) is 0.710. The Morgan fingerprint density at radius 1 is 1.10 bits per heavy atom. The molecule has 7 heteroatoms. The predicted octanol–water partition coefficient (Wildman–Crippen LogP) is 3.19. The highest BCUT2D eigenvalue weighted by atomic mass is 35.5. The molecule has 0 saturated heterocycles. The number of aliphatic hydroxyl groups excluding tert-OH is 1. The largest absolute Gasteiger partial charge is 0.396 e. The number of amides is 2. The lowest BCUT2D eigenvalue weighted by atomic mass is 9.95. The number of nitrogens with one attached hydrogen (secondary N) is 2. The van der Waals surface area contributed by atoms with Gasteiger partial charge >= 0.3 is 0 Å². The van der Waals surface area contributed by atoms with Crippen LogP contribution >= 0.6 is 11.6 Å². The molecule has 2 amide bonds. The number of aliphatic hydroxyl groups is 1. The van der Waals surface area contributed by atoms with E-state index in [0.29, 0.717) is 40.3 Å². The van der Waals surface area contributed by atoms with Crippen molar-refractivity contribution in [2.75, 3.05) is 18.5 Å². The molecule has 1 aliphatic heterocycles. The van der Waals surface area contributed by atoms with E-state index in [0.717, 1.165) is 16.6 Å². The van der Waals surface area contributed by atoms with E-state index in [1.54, 1.807) is 12.1 Å². The summed E-state index contributed by atoms with van der Waals surface area (Å²) in [6, 6.07) is 12.8. The van der Waals surface area contributed by atoms with Gasteiger partial charge in [0, 0.05) is 53.6 Å². The third-order valence-electron chi connectivity index (χ3n) is 4.97. The standard InChI is InChI=1S/C22H20ClN3O3/c1-26-12-17(16-11-14(23)6-7-18(16)26)20-19(21(28)25-22(20)29)13-4-2-5-15(10-13)24-8-3-9-27/h2,4-7,10-12,24,27H,3,8-9H2,1H3,(H,25,28,29). The molecule has 6 nitrogen and oxygen atoms in total. The van der Waals surface area contributed by atoms with Crippen molar-refractivity contribution in [1.29, 1.82) is 0 Å². The molecular weight excluding hydrogens is 390 g/mol. The number of hydrogen-bond acceptors (Lipinski definition) is 4. The molecule has 148 valence electrons. The van der Waals surface area contributed by atoms with E-state index in [1.807, 2.05) is 48.1 Å². The quantitative estimate of drug-likeness (QED) is 0.431. The Hall–Kier alpha value is -3.09. The Balaban J connectivity index is 1.87. The topological polar surface area (TPSA) is 83.4 Å². The molecule has 29 heavy (non-hydrogen) atoms. The second kappa shape index (κ2) is 7.73. The van der Waals surface area contributed by atoms with Crippen LogP contribution in [0.25, 0.3) is 22.0 Å². The number of imide groups is 1. The maximum atomic E-state index is 12.7. The van der Waals surface area contributed by atoms with E-state index in [-0.39, 0.29) is 6.61 Å². The Morgan fingerprint density at radius 3 is 2.69 bits per heavy atom. The van der Waals surface area contributed by atoms with Crippen LogP contribution in [0.4, 0.5) is 5.69 Å². The summed E-state index contributed by atoms with van der Waals surface area (Å²) in [7, 11) is 1.89. The zero-order chi connectivity index (χ0) is 20.5. The van der Waals surface area contributed by atoms with Crippen LogP contribution in [0.1, 0.15) is 17.5 Å². The number of fused-ring (bicyclic) bond motifs is 1. The number of benzene rings is 2. The van der Waals surface area contributed by atoms with Gasteiger partial charge in [-0.1, -0.05) is 23.7 Å². The molecule has 3 N–H and O–H groups in total. The number of carbonyl (C=O) groups excluding carboxylic acids is 2. The molecular formula is C22H20ClN3O3. The number of nitrogens with zero attached hydrogens (tertiary/aromatic N) is 1. The van der Waals surface area contributed by atoms with Crippen LogP contribution in [0.5, 0.6) is 0 Å². The summed E-state index contributed by atoms with van der Waals surface area (Å²) in [5.74, 6) is -0.840. The van der Waals surface area contributed by atoms with Crippen LogP contribution in [0, 0.1) is 0 Å². The van der Waals surface area contributed by atoms with E-state index < -0.39 is 11.8 Å². The first-order chi connectivity index (χ1) is 14.0. The molecule has 0 radical (unpaired) electrons. The van der Waals surface area contributed by atoms with Gasteiger partial charge in [0.05, 0.1) is 11.1 Å². The van der Waals surface area contributed by atoms with Gasteiger partial charge in [0.1, 0.15) is 0 Å². The summed E-state index contributed by atoms with van der Waals surface area (Å²) in [4.78, 5) is 25.4. The molecule has 1 aliphatic rings. The van der Waals surface area contributed by atoms with Crippen LogP contribution in [0.2, 0.25) is 5.02 Å². The molecule has 0 fully saturated rings. The number of halogens is 1. The molecule has 1 aromatic heterocycles. The molecule has 2 aromatic carbocycles. The smallest absolute Gasteiger partial charge is 0.259 e. The Labute approximate surface area is 172 Å². The van der Waals surface area contributed by atoms with Gasteiger partial charge in [-0.05, 0) is 42.3 Å². The summed E-state index contributed by atoms with van der Waals surface area (Å²) < 4.78 is 1.91. The number of aromatic nitrogens is 1. The van der Waals surface area contributed by atoms with Gasteiger partial charge in [0.2, 0.25) is 0 Å². The van der Waals surface area contributed by atoms with Crippen LogP contribution in [0.15, 0.2) is 48.7 Å². The van der Waals surface area contributed by atoms with Gasteiger partial charge in [-0.15, -0.1) is 0 Å². The van der Waals surface area contributed by atoms with Gasteiger partial charge in [-0.25, -0.2) is 0 Å². The van der Waals surface area contributed by atoms with E-state index in [9.17, 15) is 9.59 Å². The zero-order valence-electron chi connectivity index (χ0n) is 15.8. The van der Waals surface area contributed by atoms with Crippen LogP contribution in [-0.2, 0) is 16.6 Å². The van der Waals surface area contributed by atoms with Crippen LogP contribution < -0.4 is 10.6 Å². The van der Waals surface area contributed by atoms with Crippen molar-refractivity contribution in [3.8, 4) is 0 Å². The monoisotopic (exact) mass is 409 g/mol. The van der Waals surface area contributed by atoms with Crippen LogP contribution in [0.3, 0.4) is 0 Å². The highest BCUT2D eigenvalue weighted by molar-refractivity contribution is 6.50. The Kier molecular flexibility index (Phi) is 5.13. The van der Waals surface area contributed by atoms with Gasteiger partial charge in [-0.3, -0.25) is 14.9 Å². The summed E-state index contributed by atoms with van der Waals surface area (Å²) >= 11 is 6.19. The molecule has 0 saturated carbocycles. The number of carbonyl (C=O) groups is 2. The summed E-state index contributed by atoms with van der Waals surface area (Å²) in [5, 5.41) is 16.0. The van der Waals surface area contributed by atoms with Gasteiger partial charge < -0.3 is 15.0 Å². The third kappa shape index (κ3) is 3.52. The highest BCUT2D eigenvalue weighted by Crippen LogP contribution is 2.37. The van der Waals surface area contributed by atoms with Crippen LogP contribution in [-0.4, -0.2) is 34.6 Å². The van der Waals surface area contributed by atoms with Crippen molar-refractivity contribution in [2.45, 2.75) is 6.42 Å². The van der Waals surface area contributed by atoms with Crippen molar-refractivity contribution in [3.63, 3.8) is 0 Å². The average Bonchev–Trinajstić information content (AvgIpc) is 3.17. The lowest BCUT2D eigenvalue weighted by Crippen LogP contribution is -2.22. The Morgan fingerprint density at radius 2 is 1.90 bits per heavy atom. The van der Waals surface area contributed by atoms with Crippen molar-refractivity contribution >= 4 is 51.2 Å². The minimum absolute atomic E-state index is 0.0997. The lowest BCUT2D eigenvalue weighted by Gasteiger charge is -2.09. The number of aryl methyl sites for hydroxylation is 1. The van der Waals surface area contributed by atoms with E-state index in [1.165, 1.54) is 0 Å². The normalized spacial score (nSPS) is 14.0. The molecule has 0 spiro atoms. The lowest BCUT2D eigenvalue weighted by molar-refractivity contribution is -0.122. The molecule has 0 atom stereocenters. The average molecular weight is 410 g/mol. The maximum Gasteiger partial charge on any atom is 0.259 e. The highest BCUT2D eigenvalue weighted by Gasteiger charge is 2.33. The SMILES string of the molecule is Cn1cc(C2=C(c3cccc(NCCCO)c3)C(=O)NC2=O)c2cc(Cl)ccc21. The predicted molar refractivity (Wildman–Crippen MR) is 115 cm³/mol. The minimum Gasteiger partial charge on any atom is -0.396 e. The molecule has 2 heterocycles. The second-order valence-corrected chi connectivity index (χ2v) is 7.37. The van der Waals surface area contributed by atoms with Crippen molar-refractivity contribution in [2.24, 2.45) is 7.05 Å². The number of anilines is 1. The van der Waals surface area contributed by atoms with Crippen molar-refractivity contribution < 1.29 is 14.7 Å². The zero-order valence-corrected chi connectivity index (χ0v) is 16.6. The molecule has 4 rings (SSSR count). The number of rotatable bonds is 6. The molecule has 0 bridgehead atoms. The van der Waals surface area contributed by atoms with Gasteiger partial charge in [0.15, 0.2) is 0 Å². The second-order valence-electron chi connectivity index (χ2n) is 6.93.